The molecule has 2 aliphatic heterocycles. The van der Waals surface area contributed by atoms with Gasteiger partial charge in [0, 0.05) is 59.4 Å². The number of ether oxygens (including phenoxy) is 1. The molecule has 0 amide bonds. The number of nitrogens with one attached hydrogen (secondary N) is 1. The van der Waals surface area contributed by atoms with Crippen LogP contribution < -0.4 is 10.1 Å². The smallest absolute Gasteiger partial charge is 0.182 e. The van der Waals surface area contributed by atoms with Crippen molar-refractivity contribution in [1.82, 2.24) is 15.5 Å². The summed E-state index contributed by atoms with van der Waals surface area (Å²) in [6, 6.07) is 8.04. The molecule has 2 aliphatic rings. The van der Waals surface area contributed by atoms with Crippen molar-refractivity contribution in [3.63, 3.8) is 0 Å². The first kappa shape index (κ1) is 16.5. The number of benzene rings is 1. The van der Waals surface area contributed by atoms with Crippen LogP contribution in [0.15, 0.2) is 40.4 Å². The molecular formula is C21H16ClN3O2S. The van der Waals surface area contributed by atoms with Crippen LogP contribution in [0.25, 0.3) is 21.3 Å². The summed E-state index contributed by atoms with van der Waals surface area (Å²) in [5, 5.41) is 10.4. The molecule has 7 heteroatoms. The highest BCUT2D eigenvalue weighted by Gasteiger charge is 2.34. The van der Waals surface area contributed by atoms with Crippen LogP contribution in [0.2, 0.25) is 5.02 Å². The number of pyridine rings is 1. The first-order valence-electron chi connectivity index (χ1n) is 9.27. The molecule has 0 spiro atoms. The van der Waals surface area contributed by atoms with Crippen molar-refractivity contribution in [3.05, 3.63) is 63.4 Å². The summed E-state index contributed by atoms with van der Waals surface area (Å²) in [5.41, 5.74) is 6.37. The van der Waals surface area contributed by atoms with E-state index >= 15 is 0 Å². The average Bonchev–Trinajstić information content (AvgIpc) is 3.43. The maximum absolute atomic E-state index is 6.48. The molecule has 0 radical (unpaired) electrons. The van der Waals surface area contributed by atoms with Gasteiger partial charge in [0.1, 0.15) is 5.75 Å². The van der Waals surface area contributed by atoms with Gasteiger partial charge in [-0.05, 0) is 29.6 Å². The molecule has 3 aromatic heterocycles. The van der Waals surface area contributed by atoms with E-state index in [4.69, 9.17) is 20.9 Å². The molecule has 4 aromatic rings. The molecule has 0 aliphatic carbocycles. The van der Waals surface area contributed by atoms with Crippen LogP contribution in [0, 0.1) is 0 Å². The largest absolute Gasteiger partial charge is 0.481 e. The summed E-state index contributed by atoms with van der Waals surface area (Å²) in [6.07, 6.45) is 3.28. The Labute approximate surface area is 170 Å². The van der Waals surface area contributed by atoms with Gasteiger partial charge < -0.3 is 14.6 Å². The van der Waals surface area contributed by atoms with E-state index in [0.717, 1.165) is 75.6 Å². The van der Waals surface area contributed by atoms with Gasteiger partial charge in [0.15, 0.2) is 11.9 Å². The maximum atomic E-state index is 6.48. The van der Waals surface area contributed by atoms with Crippen LogP contribution in [-0.4, -0.2) is 16.7 Å². The maximum Gasteiger partial charge on any atom is 0.182 e. The number of halogens is 1. The molecule has 6 rings (SSSR count). The fourth-order valence-corrected chi connectivity index (χ4v) is 5.29. The van der Waals surface area contributed by atoms with E-state index < -0.39 is 0 Å². The average molecular weight is 410 g/mol. The van der Waals surface area contributed by atoms with Gasteiger partial charge in [-0.1, -0.05) is 16.8 Å². The van der Waals surface area contributed by atoms with Crippen LogP contribution in [-0.2, 0) is 19.4 Å². The van der Waals surface area contributed by atoms with Crippen molar-refractivity contribution in [3.8, 4) is 16.9 Å². The Hall–Kier alpha value is -2.41. The van der Waals surface area contributed by atoms with Crippen molar-refractivity contribution >= 4 is 33.2 Å². The number of fused-ring (bicyclic) bond motifs is 3. The van der Waals surface area contributed by atoms with E-state index in [0.29, 0.717) is 5.02 Å². The monoisotopic (exact) mass is 409 g/mol. The Balaban J connectivity index is 1.46. The normalized spacial score (nSPS) is 18.1. The lowest BCUT2D eigenvalue weighted by Crippen LogP contribution is -2.24. The minimum Gasteiger partial charge on any atom is -0.481 e. The third kappa shape index (κ3) is 2.49. The van der Waals surface area contributed by atoms with Gasteiger partial charge >= 0.3 is 0 Å². The van der Waals surface area contributed by atoms with E-state index in [-0.39, 0.29) is 6.10 Å². The van der Waals surface area contributed by atoms with Gasteiger partial charge in [-0.2, -0.15) is 0 Å². The Morgan fingerprint density at radius 1 is 1.21 bits per heavy atom. The highest BCUT2D eigenvalue weighted by atomic mass is 35.5. The fraction of sp³-hybridized carbons (Fsp3) is 0.238. The topological polar surface area (TPSA) is 60.2 Å². The predicted octanol–water partition coefficient (Wildman–Crippen LogP) is 4.93. The second-order valence-electron chi connectivity index (χ2n) is 7.14. The number of thiophene rings is 1. The van der Waals surface area contributed by atoms with Crippen molar-refractivity contribution in [2.45, 2.75) is 25.5 Å². The number of hydrogen-bond donors (Lipinski definition) is 1. The molecule has 28 heavy (non-hydrogen) atoms. The molecular weight excluding hydrogens is 394 g/mol. The molecule has 1 N–H and O–H groups in total. The lowest BCUT2D eigenvalue weighted by Gasteiger charge is -2.15. The zero-order valence-electron chi connectivity index (χ0n) is 14.9. The number of nitrogens with zero attached hydrogens (tertiary/aromatic N) is 2. The highest BCUT2D eigenvalue weighted by Crippen LogP contribution is 2.47. The summed E-state index contributed by atoms with van der Waals surface area (Å²) < 4.78 is 13.3. The third-order valence-corrected chi connectivity index (χ3v) is 6.62. The van der Waals surface area contributed by atoms with Crippen molar-refractivity contribution in [1.29, 1.82) is 0 Å². The van der Waals surface area contributed by atoms with Gasteiger partial charge in [0.2, 0.25) is 0 Å². The molecule has 0 unspecified atom stereocenters. The van der Waals surface area contributed by atoms with Crippen molar-refractivity contribution in [2.24, 2.45) is 0 Å². The van der Waals surface area contributed by atoms with Gasteiger partial charge in [0.25, 0.3) is 0 Å². The number of hydrogen-bond acceptors (Lipinski definition) is 6. The van der Waals surface area contributed by atoms with E-state index in [2.05, 4.69) is 20.8 Å². The highest BCUT2D eigenvalue weighted by molar-refractivity contribution is 7.17. The molecule has 0 bridgehead atoms. The van der Waals surface area contributed by atoms with Crippen molar-refractivity contribution < 1.29 is 9.26 Å². The SMILES string of the molecule is Clc1cc2c(c(-c3ccnc4ccsc34)c1)O[C@@H](c1onc3c1CNCC3)C2. The van der Waals surface area contributed by atoms with E-state index in [1.54, 1.807) is 11.3 Å². The quantitative estimate of drug-likeness (QED) is 0.508. The summed E-state index contributed by atoms with van der Waals surface area (Å²) in [4.78, 5) is 4.45. The standard InChI is InChI=1S/C21H16ClN3O2S/c22-12-7-11-8-18(20-15-10-23-4-2-16(15)25-27-20)26-19(11)14(9-12)13-1-5-24-17-3-6-28-21(13)17/h1,3,5-7,9,18,23H,2,4,8,10H2/t18-/m1/s1. The Bertz CT molecular complexity index is 1220. The first-order chi connectivity index (χ1) is 13.8. The van der Waals surface area contributed by atoms with Crippen LogP contribution in [0.3, 0.4) is 0 Å². The Kier molecular flexibility index (Phi) is 3.72. The fourth-order valence-electron chi connectivity index (χ4n) is 4.17. The molecule has 140 valence electrons. The third-order valence-electron chi connectivity index (χ3n) is 5.46. The van der Waals surface area contributed by atoms with Crippen LogP contribution in [0.1, 0.15) is 28.7 Å². The number of rotatable bonds is 2. The first-order valence-corrected chi connectivity index (χ1v) is 10.5. The van der Waals surface area contributed by atoms with Gasteiger partial charge in [-0.15, -0.1) is 11.3 Å². The lowest BCUT2D eigenvalue weighted by molar-refractivity contribution is 0.189. The summed E-state index contributed by atoms with van der Waals surface area (Å²) in [5.74, 6) is 1.71. The van der Waals surface area contributed by atoms with Crippen molar-refractivity contribution in [2.75, 3.05) is 6.54 Å². The molecule has 0 fully saturated rings. The summed E-state index contributed by atoms with van der Waals surface area (Å²) >= 11 is 8.16. The van der Waals surface area contributed by atoms with E-state index in [9.17, 15) is 0 Å². The zero-order chi connectivity index (χ0) is 18.7. The summed E-state index contributed by atoms with van der Waals surface area (Å²) in [6.45, 7) is 1.71. The Morgan fingerprint density at radius 2 is 2.18 bits per heavy atom. The Morgan fingerprint density at radius 3 is 3.14 bits per heavy atom. The van der Waals surface area contributed by atoms with Crippen LogP contribution >= 0.6 is 22.9 Å². The summed E-state index contributed by atoms with van der Waals surface area (Å²) in [7, 11) is 0. The predicted molar refractivity (Wildman–Crippen MR) is 109 cm³/mol. The molecule has 5 nitrogen and oxygen atoms in total. The van der Waals surface area contributed by atoms with Crippen LogP contribution in [0.5, 0.6) is 5.75 Å². The van der Waals surface area contributed by atoms with Gasteiger partial charge in [-0.3, -0.25) is 4.98 Å². The lowest BCUT2D eigenvalue weighted by atomic mass is 9.99. The van der Waals surface area contributed by atoms with E-state index in [1.807, 2.05) is 30.5 Å². The second kappa shape index (κ2) is 6.30. The number of aromatic nitrogens is 2. The minimum absolute atomic E-state index is 0.177. The van der Waals surface area contributed by atoms with Gasteiger partial charge in [-0.25, -0.2) is 0 Å². The van der Waals surface area contributed by atoms with Gasteiger partial charge in [0.05, 0.1) is 15.9 Å². The molecule has 1 aromatic carbocycles. The molecule has 0 saturated carbocycles. The minimum atomic E-state index is -0.177. The van der Waals surface area contributed by atoms with E-state index in [1.165, 1.54) is 0 Å². The molecule has 0 saturated heterocycles. The molecule has 1 atom stereocenters. The van der Waals surface area contributed by atoms with Crippen LogP contribution in [0.4, 0.5) is 0 Å². The molecule has 5 heterocycles. The second-order valence-corrected chi connectivity index (χ2v) is 8.50. The zero-order valence-corrected chi connectivity index (χ0v) is 16.4.